The molecule has 242 valence electrons. The van der Waals surface area contributed by atoms with E-state index in [1.807, 2.05) is 0 Å². The Hall–Kier alpha value is -1.15. The summed E-state index contributed by atoms with van der Waals surface area (Å²) in [6, 6.07) is 6.52. The third-order valence-corrected chi connectivity index (χ3v) is 7.17. The third kappa shape index (κ3) is 26.2. The van der Waals surface area contributed by atoms with Crippen LogP contribution in [0.4, 0.5) is 0 Å². The molecule has 0 atom stereocenters. The molecule has 0 aliphatic carbocycles. The molecule has 0 saturated heterocycles. The van der Waals surface area contributed by atoms with E-state index in [1.165, 1.54) is 69.9 Å². The van der Waals surface area contributed by atoms with Crippen molar-refractivity contribution in [1.29, 1.82) is 0 Å². The fourth-order valence-electron chi connectivity index (χ4n) is 3.99. The quantitative estimate of drug-likeness (QED) is 0.0776. The normalized spacial score (nSPS) is 11.6. The minimum atomic E-state index is -4.06. The number of hydrogen-bond donors (Lipinski definition) is 1. The average Bonchev–Trinajstić information content (AvgIpc) is 2.96. The molecule has 0 radical (unpaired) electrons. The van der Waals surface area contributed by atoms with E-state index < -0.39 is 10.1 Å². The second-order valence-corrected chi connectivity index (χ2v) is 11.3. The van der Waals surface area contributed by atoms with Crippen molar-refractivity contribution < 1.29 is 41.4 Å². The number of ether oxygens (including phenoxy) is 6. The molecule has 0 saturated carbocycles. The van der Waals surface area contributed by atoms with Gasteiger partial charge in [-0.1, -0.05) is 76.8 Å². The highest BCUT2D eigenvalue weighted by molar-refractivity contribution is 7.85. The van der Waals surface area contributed by atoms with E-state index in [4.69, 9.17) is 33.0 Å². The third-order valence-electron chi connectivity index (χ3n) is 6.30. The molecule has 0 aromatic heterocycles. The Balaban J connectivity index is 0.000000790. The van der Waals surface area contributed by atoms with E-state index in [0.717, 1.165) is 38.0 Å². The van der Waals surface area contributed by atoms with E-state index in [1.54, 1.807) is 33.5 Å². The minimum Gasteiger partial charge on any atom is -0.359 e. The summed E-state index contributed by atoms with van der Waals surface area (Å²) in [6.45, 7) is 7.43. The van der Waals surface area contributed by atoms with Crippen molar-refractivity contribution in [2.24, 2.45) is 0 Å². The largest absolute Gasteiger partial charge is 0.359 e. The first kappa shape index (κ1) is 39.8. The predicted octanol–water partition coefficient (Wildman–Crippen LogP) is 5.55. The van der Waals surface area contributed by atoms with Crippen molar-refractivity contribution in [3.8, 4) is 0 Å². The van der Waals surface area contributed by atoms with Crippen LogP contribution in [0.5, 0.6) is 0 Å². The Morgan fingerprint density at radius 3 is 1.39 bits per heavy atom. The SMILES string of the molecule is CCCCCCCCCCCCc1ccc(S(=O)(=O)O)cc1.COCOCCN(CCOCOC)CCOCOC. The molecule has 0 unspecified atom stereocenters. The highest BCUT2D eigenvalue weighted by Crippen LogP contribution is 2.14. The molecule has 1 N–H and O–H groups in total. The first-order valence-corrected chi connectivity index (χ1v) is 16.3. The molecule has 0 heterocycles. The van der Waals surface area contributed by atoms with Crippen LogP contribution in [0.3, 0.4) is 0 Å². The molecule has 0 amide bonds. The van der Waals surface area contributed by atoms with E-state index >= 15 is 0 Å². The fraction of sp³-hybridized carbons (Fsp3) is 0.800. The van der Waals surface area contributed by atoms with Crippen LogP contribution >= 0.6 is 0 Å². The molecule has 41 heavy (non-hydrogen) atoms. The number of hydrogen-bond acceptors (Lipinski definition) is 9. The molecule has 1 rings (SSSR count). The van der Waals surface area contributed by atoms with Crippen molar-refractivity contribution >= 4 is 10.1 Å². The fourth-order valence-corrected chi connectivity index (χ4v) is 4.47. The van der Waals surface area contributed by atoms with Gasteiger partial charge >= 0.3 is 0 Å². The highest BCUT2D eigenvalue weighted by Gasteiger charge is 2.08. The Morgan fingerprint density at radius 2 is 1.02 bits per heavy atom. The van der Waals surface area contributed by atoms with Gasteiger partial charge in [0.05, 0.1) is 24.7 Å². The van der Waals surface area contributed by atoms with Gasteiger partial charge in [0, 0.05) is 41.0 Å². The van der Waals surface area contributed by atoms with Gasteiger partial charge in [-0.15, -0.1) is 0 Å². The Bertz CT molecular complexity index is 750. The van der Waals surface area contributed by atoms with Gasteiger partial charge in [0.1, 0.15) is 20.4 Å². The zero-order valence-electron chi connectivity index (χ0n) is 26.0. The van der Waals surface area contributed by atoms with Gasteiger partial charge in [0.25, 0.3) is 10.1 Å². The van der Waals surface area contributed by atoms with Gasteiger partial charge < -0.3 is 28.4 Å². The van der Waals surface area contributed by atoms with Crippen molar-refractivity contribution in [3.05, 3.63) is 29.8 Å². The Labute approximate surface area is 249 Å². The number of methoxy groups -OCH3 is 3. The molecule has 0 spiro atoms. The van der Waals surface area contributed by atoms with Gasteiger partial charge in [-0.05, 0) is 30.5 Å². The molecule has 0 aliphatic heterocycles. The molecular weight excluding hydrogens is 550 g/mol. The molecule has 0 bridgehead atoms. The summed E-state index contributed by atoms with van der Waals surface area (Å²) in [4.78, 5) is 2.17. The number of aryl methyl sites for hydroxylation is 1. The summed E-state index contributed by atoms with van der Waals surface area (Å²) >= 11 is 0. The number of unbranched alkanes of at least 4 members (excludes halogenated alkanes) is 9. The molecule has 10 nitrogen and oxygen atoms in total. The van der Waals surface area contributed by atoms with Crippen molar-refractivity contribution in [1.82, 2.24) is 4.90 Å². The summed E-state index contributed by atoms with van der Waals surface area (Å²) in [5, 5.41) is 0. The summed E-state index contributed by atoms with van der Waals surface area (Å²) in [6.07, 6.45) is 14.1. The lowest BCUT2D eigenvalue weighted by molar-refractivity contribution is -0.0593. The summed E-state index contributed by atoms with van der Waals surface area (Å²) < 4.78 is 61.1. The summed E-state index contributed by atoms with van der Waals surface area (Å²) in [5.41, 5.74) is 1.13. The highest BCUT2D eigenvalue weighted by atomic mass is 32.2. The van der Waals surface area contributed by atoms with Gasteiger partial charge in [0.2, 0.25) is 0 Å². The number of benzene rings is 1. The maximum Gasteiger partial charge on any atom is 0.294 e. The molecule has 11 heteroatoms. The van der Waals surface area contributed by atoms with Crippen LogP contribution in [0.2, 0.25) is 0 Å². The van der Waals surface area contributed by atoms with Crippen LogP contribution in [0.1, 0.15) is 76.7 Å². The van der Waals surface area contributed by atoms with E-state index in [-0.39, 0.29) is 4.90 Å². The molecule has 0 aliphatic rings. The Kier molecular flexibility index (Phi) is 28.1. The smallest absolute Gasteiger partial charge is 0.294 e. The van der Waals surface area contributed by atoms with Crippen LogP contribution in [-0.4, -0.2) is 99.0 Å². The van der Waals surface area contributed by atoms with Gasteiger partial charge in [-0.25, -0.2) is 0 Å². The zero-order valence-corrected chi connectivity index (χ0v) is 26.8. The number of rotatable bonds is 27. The topological polar surface area (TPSA) is 113 Å². The van der Waals surface area contributed by atoms with Crippen molar-refractivity contribution in [2.75, 3.05) is 81.2 Å². The van der Waals surface area contributed by atoms with Gasteiger partial charge in [-0.2, -0.15) is 8.42 Å². The van der Waals surface area contributed by atoms with Crippen LogP contribution in [0.15, 0.2) is 29.2 Å². The molecular formula is C30H57NO9S. The van der Waals surface area contributed by atoms with Crippen LogP contribution < -0.4 is 0 Å². The van der Waals surface area contributed by atoms with Crippen molar-refractivity contribution in [3.63, 3.8) is 0 Å². The average molecular weight is 608 g/mol. The second-order valence-electron chi connectivity index (χ2n) is 9.84. The van der Waals surface area contributed by atoms with E-state index in [0.29, 0.717) is 40.2 Å². The van der Waals surface area contributed by atoms with Crippen LogP contribution in [-0.2, 0) is 45.0 Å². The zero-order chi connectivity index (χ0) is 30.4. The van der Waals surface area contributed by atoms with Gasteiger partial charge in [0.15, 0.2) is 0 Å². The second kappa shape index (κ2) is 28.9. The summed E-state index contributed by atoms with van der Waals surface area (Å²) in [7, 11) is 0.755. The summed E-state index contributed by atoms with van der Waals surface area (Å²) in [5.74, 6) is 0. The minimum absolute atomic E-state index is 0.0284. The van der Waals surface area contributed by atoms with Gasteiger partial charge in [-0.3, -0.25) is 9.45 Å². The van der Waals surface area contributed by atoms with E-state index in [2.05, 4.69) is 11.8 Å². The number of nitrogens with zero attached hydrogens (tertiary/aromatic N) is 1. The monoisotopic (exact) mass is 607 g/mol. The standard InChI is InChI=1S/C18H30O3S.C12H27NO6/c1-2-3-4-5-6-7-8-9-10-11-12-17-13-15-18(16-14-17)22(19,20)21;1-14-10-17-7-4-13(5-8-18-11-15-2)6-9-19-12-16-3/h13-16H,2-12H2,1H3,(H,19,20,21);4-12H2,1-3H3. The molecule has 1 aromatic rings. The maximum absolute atomic E-state index is 10.9. The van der Waals surface area contributed by atoms with Crippen molar-refractivity contribution in [2.45, 2.75) is 82.4 Å². The lowest BCUT2D eigenvalue weighted by Crippen LogP contribution is -2.34. The first-order chi connectivity index (χ1) is 19.9. The lowest BCUT2D eigenvalue weighted by Gasteiger charge is -2.21. The molecule has 1 aromatic carbocycles. The maximum atomic E-state index is 10.9. The lowest BCUT2D eigenvalue weighted by atomic mass is 10.0. The predicted molar refractivity (Wildman–Crippen MR) is 162 cm³/mol. The first-order valence-electron chi connectivity index (χ1n) is 14.9. The van der Waals surface area contributed by atoms with Crippen LogP contribution in [0.25, 0.3) is 0 Å². The Morgan fingerprint density at radius 1 is 0.634 bits per heavy atom. The van der Waals surface area contributed by atoms with E-state index in [9.17, 15) is 8.42 Å². The molecule has 0 fully saturated rings. The van der Waals surface area contributed by atoms with Crippen LogP contribution in [0, 0.1) is 0 Å².